The van der Waals surface area contributed by atoms with E-state index >= 15 is 0 Å². The smallest absolute Gasteiger partial charge is 0.174 e. The molecule has 5 nitrogen and oxygen atoms in total. The molecule has 0 saturated heterocycles. The molecule has 0 atom stereocenters. The van der Waals surface area contributed by atoms with E-state index in [0.29, 0.717) is 11.6 Å². The quantitative estimate of drug-likeness (QED) is 0.592. The summed E-state index contributed by atoms with van der Waals surface area (Å²) in [6.45, 7) is 1.99. The van der Waals surface area contributed by atoms with Crippen LogP contribution in [-0.4, -0.2) is 19.9 Å². The summed E-state index contributed by atoms with van der Waals surface area (Å²) >= 11 is 1.59. The van der Waals surface area contributed by atoms with Crippen LogP contribution in [0.4, 0.5) is 5.82 Å². The average molecular weight is 307 g/mol. The Bertz CT molecular complexity index is 955. The first-order valence-corrected chi connectivity index (χ1v) is 7.72. The summed E-state index contributed by atoms with van der Waals surface area (Å²) in [5.41, 5.74) is 9.86. The van der Waals surface area contributed by atoms with E-state index in [0.717, 1.165) is 32.7 Å². The van der Waals surface area contributed by atoms with Crippen LogP contribution in [0.2, 0.25) is 0 Å². The average Bonchev–Trinajstić information content (AvgIpc) is 3.15. The van der Waals surface area contributed by atoms with Gasteiger partial charge in [0.05, 0.1) is 16.0 Å². The fraction of sp³-hybridized carbons (Fsp3) is 0.0625. The molecule has 0 unspecified atom stereocenters. The van der Waals surface area contributed by atoms with Gasteiger partial charge in [0.1, 0.15) is 11.5 Å². The van der Waals surface area contributed by atoms with Gasteiger partial charge in [-0.25, -0.2) is 9.97 Å². The Morgan fingerprint density at radius 2 is 2.09 bits per heavy atom. The van der Waals surface area contributed by atoms with E-state index in [9.17, 15) is 0 Å². The van der Waals surface area contributed by atoms with Crippen molar-refractivity contribution in [2.45, 2.75) is 6.92 Å². The van der Waals surface area contributed by atoms with Crippen molar-refractivity contribution in [2.24, 2.45) is 0 Å². The molecule has 108 valence electrons. The Hall–Kier alpha value is -2.73. The van der Waals surface area contributed by atoms with Crippen molar-refractivity contribution in [3.63, 3.8) is 0 Å². The molecule has 0 aliphatic heterocycles. The third-order valence-electron chi connectivity index (χ3n) is 3.57. The van der Waals surface area contributed by atoms with Gasteiger partial charge in [0.25, 0.3) is 0 Å². The molecule has 0 fully saturated rings. The zero-order chi connectivity index (χ0) is 15.1. The van der Waals surface area contributed by atoms with Gasteiger partial charge in [-0.1, -0.05) is 6.07 Å². The number of nitrogens with one attached hydrogen (secondary N) is 1. The van der Waals surface area contributed by atoms with Gasteiger partial charge < -0.3 is 10.7 Å². The minimum atomic E-state index is 0.499. The van der Waals surface area contributed by atoms with Crippen LogP contribution in [0.5, 0.6) is 0 Å². The second kappa shape index (κ2) is 4.92. The standard InChI is InChI=1S/C16H13N5S/c1-9-8-19-15-12(9)14(17)20-16(21-15)13-10(5-7-22-13)11-4-2-3-6-18-11/h2-8H,1H3,(H3,17,19,20,21). The van der Waals surface area contributed by atoms with Crippen molar-refractivity contribution >= 4 is 28.2 Å². The van der Waals surface area contributed by atoms with Crippen LogP contribution in [0.1, 0.15) is 5.56 Å². The molecule has 0 bridgehead atoms. The van der Waals surface area contributed by atoms with Crippen LogP contribution in [0, 0.1) is 6.92 Å². The van der Waals surface area contributed by atoms with E-state index in [2.05, 4.69) is 19.9 Å². The zero-order valence-corrected chi connectivity index (χ0v) is 12.7. The molecule has 0 aliphatic carbocycles. The van der Waals surface area contributed by atoms with Crippen molar-refractivity contribution in [1.29, 1.82) is 0 Å². The Morgan fingerprint density at radius 3 is 2.91 bits per heavy atom. The fourth-order valence-electron chi connectivity index (χ4n) is 2.53. The number of pyridine rings is 1. The lowest BCUT2D eigenvalue weighted by Crippen LogP contribution is -1.97. The predicted molar refractivity (Wildman–Crippen MR) is 89.6 cm³/mol. The van der Waals surface area contributed by atoms with Crippen LogP contribution in [-0.2, 0) is 0 Å². The van der Waals surface area contributed by atoms with E-state index in [-0.39, 0.29) is 0 Å². The number of H-pyrrole nitrogens is 1. The summed E-state index contributed by atoms with van der Waals surface area (Å²) in [4.78, 5) is 17.6. The summed E-state index contributed by atoms with van der Waals surface area (Å²) in [5, 5.41) is 2.91. The third-order valence-corrected chi connectivity index (χ3v) is 4.48. The number of hydrogen-bond donors (Lipinski definition) is 2. The molecule has 0 aromatic carbocycles. The lowest BCUT2D eigenvalue weighted by atomic mass is 10.1. The summed E-state index contributed by atoms with van der Waals surface area (Å²) in [6, 6.07) is 7.88. The predicted octanol–water partition coefficient (Wildman–Crippen LogP) is 3.64. The fourth-order valence-corrected chi connectivity index (χ4v) is 3.36. The van der Waals surface area contributed by atoms with Crippen molar-refractivity contribution in [1.82, 2.24) is 19.9 Å². The number of nitrogen functional groups attached to an aromatic ring is 1. The number of fused-ring (bicyclic) bond motifs is 1. The molecule has 22 heavy (non-hydrogen) atoms. The van der Waals surface area contributed by atoms with Gasteiger partial charge in [-0.3, -0.25) is 4.98 Å². The molecule has 0 amide bonds. The summed E-state index contributed by atoms with van der Waals surface area (Å²) in [5.74, 6) is 1.13. The highest BCUT2D eigenvalue weighted by atomic mass is 32.1. The zero-order valence-electron chi connectivity index (χ0n) is 11.9. The highest BCUT2D eigenvalue weighted by molar-refractivity contribution is 7.14. The summed E-state index contributed by atoms with van der Waals surface area (Å²) in [6.07, 6.45) is 3.68. The van der Waals surface area contributed by atoms with Gasteiger partial charge in [0.2, 0.25) is 0 Å². The largest absolute Gasteiger partial charge is 0.383 e. The monoisotopic (exact) mass is 307 g/mol. The van der Waals surface area contributed by atoms with Gasteiger partial charge in [-0.05, 0) is 36.1 Å². The normalized spacial score (nSPS) is 11.1. The number of aromatic amines is 1. The molecule has 4 rings (SSSR count). The van der Waals surface area contributed by atoms with E-state index in [1.165, 1.54) is 0 Å². The maximum absolute atomic E-state index is 6.12. The second-order valence-corrected chi connectivity index (χ2v) is 5.92. The van der Waals surface area contributed by atoms with Crippen LogP contribution in [0.15, 0.2) is 42.0 Å². The lowest BCUT2D eigenvalue weighted by Gasteiger charge is -2.04. The SMILES string of the molecule is Cc1c[nH]c2nc(-c3sccc3-c3ccccn3)nc(N)c12. The number of anilines is 1. The third kappa shape index (κ3) is 1.96. The van der Waals surface area contributed by atoms with Crippen molar-refractivity contribution in [3.8, 4) is 22.0 Å². The highest BCUT2D eigenvalue weighted by Crippen LogP contribution is 2.35. The Labute approximate surface area is 130 Å². The molecule has 4 aromatic rings. The first-order chi connectivity index (χ1) is 10.7. The summed E-state index contributed by atoms with van der Waals surface area (Å²) in [7, 11) is 0. The van der Waals surface area contributed by atoms with Gasteiger partial charge in [0, 0.05) is 18.0 Å². The van der Waals surface area contributed by atoms with Crippen LogP contribution in [0.3, 0.4) is 0 Å². The Kier molecular flexibility index (Phi) is 2.90. The Balaban J connectivity index is 1.92. The molecular weight excluding hydrogens is 294 g/mol. The molecule has 0 radical (unpaired) electrons. The van der Waals surface area contributed by atoms with Gasteiger partial charge >= 0.3 is 0 Å². The minimum absolute atomic E-state index is 0.499. The van der Waals surface area contributed by atoms with Gasteiger partial charge in [-0.2, -0.15) is 0 Å². The van der Waals surface area contributed by atoms with Crippen molar-refractivity contribution in [3.05, 3.63) is 47.6 Å². The first kappa shape index (κ1) is 13.0. The van der Waals surface area contributed by atoms with Crippen molar-refractivity contribution in [2.75, 3.05) is 5.73 Å². The number of aromatic nitrogens is 4. The first-order valence-electron chi connectivity index (χ1n) is 6.84. The highest BCUT2D eigenvalue weighted by Gasteiger charge is 2.16. The van der Waals surface area contributed by atoms with E-state index in [4.69, 9.17) is 5.73 Å². The topological polar surface area (TPSA) is 80.5 Å². The number of aryl methyl sites for hydroxylation is 1. The maximum Gasteiger partial charge on any atom is 0.174 e. The molecule has 0 saturated carbocycles. The molecule has 3 N–H and O–H groups in total. The maximum atomic E-state index is 6.12. The second-order valence-electron chi connectivity index (χ2n) is 5.01. The molecule has 0 spiro atoms. The molecular formula is C16H13N5S. The summed E-state index contributed by atoms with van der Waals surface area (Å²) < 4.78 is 0. The molecule has 4 heterocycles. The molecule has 6 heteroatoms. The minimum Gasteiger partial charge on any atom is -0.383 e. The number of rotatable bonds is 2. The Morgan fingerprint density at radius 1 is 1.18 bits per heavy atom. The van der Waals surface area contributed by atoms with E-state index in [1.807, 2.05) is 42.8 Å². The van der Waals surface area contributed by atoms with Gasteiger partial charge in [0.15, 0.2) is 5.82 Å². The lowest BCUT2D eigenvalue weighted by molar-refractivity contribution is 1.22. The number of nitrogens with two attached hydrogens (primary N) is 1. The van der Waals surface area contributed by atoms with Gasteiger partial charge in [-0.15, -0.1) is 11.3 Å². The number of hydrogen-bond acceptors (Lipinski definition) is 5. The number of thiophene rings is 1. The molecule has 0 aliphatic rings. The number of nitrogens with zero attached hydrogens (tertiary/aromatic N) is 3. The van der Waals surface area contributed by atoms with E-state index in [1.54, 1.807) is 17.5 Å². The van der Waals surface area contributed by atoms with Crippen LogP contribution < -0.4 is 5.73 Å². The van der Waals surface area contributed by atoms with Crippen LogP contribution >= 0.6 is 11.3 Å². The van der Waals surface area contributed by atoms with E-state index < -0.39 is 0 Å². The van der Waals surface area contributed by atoms with Crippen molar-refractivity contribution < 1.29 is 0 Å². The molecule has 4 aromatic heterocycles. The van der Waals surface area contributed by atoms with Crippen LogP contribution in [0.25, 0.3) is 33.0 Å².